The first-order chi connectivity index (χ1) is 6.95. The molecule has 0 radical (unpaired) electrons. The Bertz CT molecular complexity index is 285. The van der Waals surface area contributed by atoms with E-state index in [1.54, 1.807) is 0 Å². The lowest BCUT2D eigenvalue weighted by atomic mass is 10.1. The molecule has 1 fully saturated rings. The van der Waals surface area contributed by atoms with Crippen molar-refractivity contribution in [2.75, 3.05) is 6.61 Å². The summed E-state index contributed by atoms with van der Waals surface area (Å²) in [6, 6.07) is 10.5. The maximum atomic E-state index is 5.14. The summed E-state index contributed by atoms with van der Waals surface area (Å²) in [5.41, 5.74) is 1.38. The van der Waals surface area contributed by atoms with Crippen LogP contribution in [0.15, 0.2) is 42.5 Å². The Kier molecular flexibility index (Phi) is 3.36. The van der Waals surface area contributed by atoms with Crippen LogP contribution in [0.5, 0.6) is 0 Å². The maximum absolute atomic E-state index is 5.14. The van der Waals surface area contributed by atoms with Crippen molar-refractivity contribution >= 4 is 0 Å². The average Bonchev–Trinajstić information content (AvgIpc) is 3.03. The maximum Gasteiger partial charge on any atom is 0.0812 e. The van der Waals surface area contributed by atoms with E-state index in [0.717, 1.165) is 19.4 Å². The normalized spacial score (nSPS) is 20.1. The van der Waals surface area contributed by atoms with Crippen LogP contribution in [0.3, 0.4) is 0 Å². The summed E-state index contributed by atoms with van der Waals surface area (Å²) in [5.74, 6) is 0. The molecule has 74 valence electrons. The number of allylic oxidation sites excluding steroid dienone is 2. The lowest BCUT2D eigenvalue weighted by Crippen LogP contribution is -1.82. The van der Waals surface area contributed by atoms with Crippen molar-refractivity contribution in [2.45, 2.75) is 25.4 Å². The molecule has 0 spiro atoms. The molecule has 1 atom stereocenters. The van der Waals surface area contributed by atoms with E-state index in [9.17, 15) is 0 Å². The van der Waals surface area contributed by atoms with Crippen LogP contribution in [-0.2, 0) is 11.2 Å². The van der Waals surface area contributed by atoms with Crippen LogP contribution in [0, 0.1) is 0 Å². The zero-order valence-electron chi connectivity index (χ0n) is 8.36. The number of epoxide rings is 1. The van der Waals surface area contributed by atoms with Crippen LogP contribution < -0.4 is 0 Å². The van der Waals surface area contributed by atoms with Gasteiger partial charge in [-0.3, -0.25) is 0 Å². The molecule has 1 aromatic carbocycles. The Balaban J connectivity index is 1.65. The van der Waals surface area contributed by atoms with Crippen molar-refractivity contribution in [2.24, 2.45) is 0 Å². The highest BCUT2D eigenvalue weighted by atomic mass is 16.6. The summed E-state index contributed by atoms with van der Waals surface area (Å²) < 4.78 is 5.14. The summed E-state index contributed by atoms with van der Waals surface area (Å²) in [6.07, 6.45) is 8.46. The van der Waals surface area contributed by atoms with E-state index in [1.165, 1.54) is 12.0 Å². The van der Waals surface area contributed by atoms with E-state index in [4.69, 9.17) is 4.74 Å². The van der Waals surface area contributed by atoms with Gasteiger partial charge in [0.15, 0.2) is 0 Å². The molecule has 0 N–H and O–H groups in total. The van der Waals surface area contributed by atoms with Gasteiger partial charge in [-0.2, -0.15) is 0 Å². The molecule has 1 saturated heterocycles. The lowest BCUT2D eigenvalue weighted by Gasteiger charge is -1.94. The molecular formula is C13H16O. The predicted octanol–water partition coefficient (Wildman–Crippen LogP) is 2.96. The molecule has 1 aliphatic heterocycles. The molecule has 2 rings (SSSR count). The summed E-state index contributed by atoms with van der Waals surface area (Å²) in [7, 11) is 0. The summed E-state index contributed by atoms with van der Waals surface area (Å²) in [5, 5.41) is 0. The molecule has 14 heavy (non-hydrogen) atoms. The Morgan fingerprint density at radius 3 is 2.71 bits per heavy atom. The van der Waals surface area contributed by atoms with Gasteiger partial charge in [-0.25, -0.2) is 0 Å². The van der Waals surface area contributed by atoms with Gasteiger partial charge in [-0.15, -0.1) is 0 Å². The average molecular weight is 188 g/mol. The standard InChI is InChI=1S/C13H16O/c1-3-7-12(8-4-1)9-5-2-6-10-13-11-14-13/h1-5,7-8,13H,6,9-11H2/b5-2+/t13-/m1/s1. The molecule has 1 heterocycles. The number of ether oxygens (including phenoxy) is 1. The van der Waals surface area contributed by atoms with Crippen LogP contribution in [0.1, 0.15) is 18.4 Å². The molecule has 1 heteroatoms. The number of rotatable bonds is 5. The van der Waals surface area contributed by atoms with Gasteiger partial charge < -0.3 is 4.74 Å². The molecule has 1 aromatic rings. The van der Waals surface area contributed by atoms with E-state index in [2.05, 4.69) is 42.5 Å². The van der Waals surface area contributed by atoms with Gasteiger partial charge in [0.1, 0.15) is 0 Å². The molecule has 1 nitrogen and oxygen atoms in total. The largest absolute Gasteiger partial charge is 0.373 e. The minimum Gasteiger partial charge on any atom is -0.373 e. The van der Waals surface area contributed by atoms with E-state index in [0.29, 0.717) is 6.10 Å². The van der Waals surface area contributed by atoms with Crippen molar-refractivity contribution < 1.29 is 4.74 Å². The first-order valence-corrected chi connectivity index (χ1v) is 5.25. The fourth-order valence-corrected chi connectivity index (χ4v) is 1.47. The van der Waals surface area contributed by atoms with Crippen molar-refractivity contribution in [3.8, 4) is 0 Å². The third kappa shape index (κ3) is 3.35. The first-order valence-electron chi connectivity index (χ1n) is 5.25. The van der Waals surface area contributed by atoms with Gasteiger partial charge in [0, 0.05) is 0 Å². The smallest absolute Gasteiger partial charge is 0.0812 e. The van der Waals surface area contributed by atoms with Crippen molar-refractivity contribution in [3.05, 3.63) is 48.0 Å². The topological polar surface area (TPSA) is 12.5 Å². The van der Waals surface area contributed by atoms with Crippen LogP contribution in [0.25, 0.3) is 0 Å². The second kappa shape index (κ2) is 4.97. The zero-order valence-corrected chi connectivity index (χ0v) is 8.36. The summed E-state index contributed by atoms with van der Waals surface area (Å²) >= 11 is 0. The number of hydrogen-bond donors (Lipinski definition) is 0. The molecule has 0 amide bonds. The van der Waals surface area contributed by atoms with Gasteiger partial charge in [0.05, 0.1) is 12.7 Å². The number of hydrogen-bond acceptors (Lipinski definition) is 1. The summed E-state index contributed by atoms with van der Waals surface area (Å²) in [6.45, 7) is 0.979. The molecule has 0 saturated carbocycles. The molecule has 1 aliphatic rings. The Morgan fingerprint density at radius 2 is 2.00 bits per heavy atom. The molecule has 0 bridgehead atoms. The van der Waals surface area contributed by atoms with Crippen molar-refractivity contribution in [1.29, 1.82) is 0 Å². The van der Waals surface area contributed by atoms with Crippen LogP contribution in [0.4, 0.5) is 0 Å². The lowest BCUT2D eigenvalue weighted by molar-refractivity contribution is 0.398. The monoisotopic (exact) mass is 188 g/mol. The van der Waals surface area contributed by atoms with Gasteiger partial charge in [0.25, 0.3) is 0 Å². The predicted molar refractivity (Wildman–Crippen MR) is 58.3 cm³/mol. The highest BCUT2D eigenvalue weighted by molar-refractivity contribution is 5.17. The van der Waals surface area contributed by atoms with E-state index >= 15 is 0 Å². The Morgan fingerprint density at radius 1 is 1.21 bits per heavy atom. The van der Waals surface area contributed by atoms with Crippen LogP contribution in [-0.4, -0.2) is 12.7 Å². The Labute approximate surface area is 85.4 Å². The fourth-order valence-electron chi connectivity index (χ4n) is 1.47. The van der Waals surface area contributed by atoms with Crippen LogP contribution >= 0.6 is 0 Å². The van der Waals surface area contributed by atoms with E-state index in [-0.39, 0.29) is 0 Å². The highest BCUT2D eigenvalue weighted by Crippen LogP contribution is 2.15. The third-order valence-corrected chi connectivity index (χ3v) is 2.42. The number of benzene rings is 1. The SMILES string of the molecule is C(=C\Cc1ccccc1)/CC[C@@H]1CO1. The van der Waals surface area contributed by atoms with Gasteiger partial charge >= 0.3 is 0 Å². The highest BCUT2D eigenvalue weighted by Gasteiger charge is 2.20. The fraction of sp³-hybridized carbons (Fsp3) is 0.385. The molecule has 0 aliphatic carbocycles. The second-order valence-electron chi connectivity index (χ2n) is 3.69. The second-order valence-corrected chi connectivity index (χ2v) is 3.69. The minimum atomic E-state index is 0.566. The quantitative estimate of drug-likeness (QED) is 0.511. The van der Waals surface area contributed by atoms with Gasteiger partial charge in [-0.1, -0.05) is 42.5 Å². The zero-order chi connectivity index (χ0) is 9.64. The third-order valence-electron chi connectivity index (χ3n) is 2.42. The van der Waals surface area contributed by atoms with Gasteiger partial charge in [0.2, 0.25) is 0 Å². The van der Waals surface area contributed by atoms with E-state index in [1.807, 2.05) is 0 Å². The van der Waals surface area contributed by atoms with Crippen LogP contribution in [0.2, 0.25) is 0 Å². The molecule has 0 unspecified atom stereocenters. The van der Waals surface area contributed by atoms with Crippen molar-refractivity contribution in [1.82, 2.24) is 0 Å². The molecule has 0 aromatic heterocycles. The summed E-state index contributed by atoms with van der Waals surface area (Å²) in [4.78, 5) is 0. The Hall–Kier alpha value is -1.08. The van der Waals surface area contributed by atoms with Crippen molar-refractivity contribution in [3.63, 3.8) is 0 Å². The minimum absolute atomic E-state index is 0.566. The van der Waals surface area contributed by atoms with Gasteiger partial charge in [-0.05, 0) is 24.8 Å². The first kappa shape index (κ1) is 9.47. The molecular weight excluding hydrogens is 172 g/mol. The van der Waals surface area contributed by atoms with E-state index < -0.39 is 0 Å².